The summed E-state index contributed by atoms with van der Waals surface area (Å²) in [6.45, 7) is 2.14. The van der Waals surface area contributed by atoms with E-state index in [1.165, 1.54) is 19.3 Å². The van der Waals surface area contributed by atoms with Gasteiger partial charge in [0.05, 0.1) is 0 Å². The highest BCUT2D eigenvalue weighted by molar-refractivity contribution is 5.04. The first-order chi connectivity index (χ1) is 5.88. The summed E-state index contributed by atoms with van der Waals surface area (Å²) in [5.74, 6) is 3.75. The van der Waals surface area contributed by atoms with E-state index in [-0.39, 0.29) is 0 Å². The number of hydrogen-bond donors (Lipinski definition) is 0. The quantitative estimate of drug-likeness (QED) is 0.504. The third-order valence-corrected chi connectivity index (χ3v) is 4.28. The number of nitriles is 1. The molecule has 1 aliphatic heterocycles. The van der Waals surface area contributed by atoms with Gasteiger partial charge in [-0.1, -0.05) is 0 Å². The van der Waals surface area contributed by atoms with Crippen LogP contribution in [0.1, 0.15) is 19.3 Å². The van der Waals surface area contributed by atoms with Crippen LogP contribution in [0.2, 0.25) is 0 Å². The standard InChI is InChI=1S/C10H14N2/c11-6-12-4-9-7-1-2-8(3-7)10(9)5-12/h7-10H,1-5H2/t7?,8?,9-,10+. The first-order valence-corrected chi connectivity index (χ1v) is 5.03. The van der Waals surface area contributed by atoms with E-state index in [0.717, 1.165) is 36.8 Å². The minimum Gasteiger partial charge on any atom is -0.310 e. The fourth-order valence-electron chi connectivity index (χ4n) is 3.76. The lowest BCUT2D eigenvalue weighted by molar-refractivity contribution is 0.281. The third kappa shape index (κ3) is 0.696. The molecule has 2 heteroatoms. The van der Waals surface area contributed by atoms with Crippen molar-refractivity contribution in [2.45, 2.75) is 19.3 Å². The molecule has 4 atom stereocenters. The highest BCUT2D eigenvalue weighted by atomic mass is 15.2. The molecule has 1 saturated heterocycles. The molecule has 12 heavy (non-hydrogen) atoms. The molecule has 3 aliphatic rings. The summed E-state index contributed by atoms with van der Waals surface area (Å²) in [5, 5.41) is 8.79. The van der Waals surface area contributed by atoms with Gasteiger partial charge in [0.2, 0.25) is 0 Å². The molecule has 0 amide bonds. The fraction of sp³-hybridized carbons (Fsp3) is 0.900. The van der Waals surface area contributed by atoms with Crippen molar-refractivity contribution >= 4 is 0 Å². The lowest BCUT2D eigenvalue weighted by Crippen LogP contribution is -2.19. The molecule has 2 saturated carbocycles. The number of hydrogen-bond acceptors (Lipinski definition) is 2. The first-order valence-electron chi connectivity index (χ1n) is 5.03. The zero-order valence-electron chi connectivity index (χ0n) is 7.24. The Morgan fingerprint density at radius 3 is 2.17 bits per heavy atom. The van der Waals surface area contributed by atoms with Gasteiger partial charge in [-0.3, -0.25) is 0 Å². The van der Waals surface area contributed by atoms with Crippen LogP contribution in [-0.4, -0.2) is 18.0 Å². The van der Waals surface area contributed by atoms with Gasteiger partial charge in [-0.25, -0.2) is 0 Å². The van der Waals surface area contributed by atoms with Crippen molar-refractivity contribution in [3.05, 3.63) is 0 Å². The zero-order chi connectivity index (χ0) is 8.13. The van der Waals surface area contributed by atoms with Crippen LogP contribution in [0.5, 0.6) is 0 Å². The van der Waals surface area contributed by atoms with E-state index in [0.29, 0.717) is 0 Å². The van der Waals surface area contributed by atoms with Gasteiger partial charge in [-0.05, 0) is 42.9 Å². The molecule has 2 unspecified atom stereocenters. The molecule has 0 aromatic rings. The molecule has 0 spiro atoms. The molecule has 1 heterocycles. The van der Waals surface area contributed by atoms with E-state index in [4.69, 9.17) is 5.26 Å². The summed E-state index contributed by atoms with van der Waals surface area (Å²) in [5.41, 5.74) is 0. The molecule has 0 radical (unpaired) electrons. The average molecular weight is 162 g/mol. The second kappa shape index (κ2) is 2.16. The van der Waals surface area contributed by atoms with E-state index >= 15 is 0 Å². The van der Waals surface area contributed by atoms with E-state index < -0.39 is 0 Å². The summed E-state index contributed by atoms with van der Waals surface area (Å²) in [4.78, 5) is 1.97. The van der Waals surface area contributed by atoms with Gasteiger partial charge < -0.3 is 4.90 Å². The molecule has 3 fully saturated rings. The second-order valence-electron chi connectivity index (χ2n) is 4.67. The molecular formula is C10H14N2. The van der Waals surface area contributed by atoms with E-state index in [1.54, 1.807) is 0 Å². The summed E-state index contributed by atoms with van der Waals surface area (Å²) in [6, 6.07) is 0. The summed E-state index contributed by atoms with van der Waals surface area (Å²) >= 11 is 0. The average Bonchev–Trinajstić information content (AvgIpc) is 2.75. The van der Waals surface area contributed by atoms with Gasteiger partial charge in [0.25, 0.3) is 0 Å². The topological polar surface area (TPSA) is 27.0 Å². The number of likely N-dealkylation sites (tertiary alicyclic amines) is 1. The number of fused-ring (bicyclic) bond motifs is 5. The van der Waals surface area contributed by atoms with Crippen LogP contribution >= 0.6 is 0 Å². The predicted molar refractivity (Wildman–Crippen MR) is 45.0 cm³/mol. The molecule has 2 nitrogen and oxygen atoms in total. The van der Waals surface area contributed by atoms with E-state index in [1.807, 2.05) is 4.90 Å². The highest BCUT2D eigenvalue weighted by Crippen LogP contribution is 2.54. The van der Waals surface area contributed by atoms with Crippen LogP contribution in [0, 0.1) is 35.1 Å². The van der Waals surface area contributed by atoms with Crippen molar-refractivity contribution in [3.63, 3.8) is 0 Å². The molecule has 64 valence electrons. The monoisotopic (exact) mass is 162 g/mol. The van der Waals surface area contributed by atoms with Gasteiger partial charge in [-0.15, -0.1) is 0 Å². The van der Waals surface area contributed by atoms with Crippen LogP contribution < -0.4 is 0 Å². The summed E-state index contributed by atoms with van der Waals surface area (Å²) < 4.78 is 0. The second-order valence-corrected chi connectivity index (χ2v) is 4.67. The van der Waals surface area contributed by atoms with E-state index in [9.17, 15) is 0 Å². The molecule has 0 N–H and O–H groups in total. The molecule has 0 aromatic carbocycles. The molecule has 2 aliphatic carbocycles. The third-order valence-electron chi connectivity index (χ3n) is 4.28. The Labute approximate surface area is 73.2 Å². The van der Waals surface area contributed by atoms with Gasteiger partial charge >= 0.3 is 0 Å². The van der Waals surface area contributed by atoms with Crippen molar-refractivity contribution in [1.29, 1.82) is 5.26 Å². The summed E-state index contributed by atoms with van der Waals surface area (Å²) in [7, 11) is 0. The van der Waals surface area contributed by atoms with Crippen LogP contribution in [0.15, 0.2) is 0 Å². The van der Waals surface area contributed by atoms with Crippen molar-refractivity contribution in [3.8, 4) is 6.19 Å². The lowest BCUT2D eigenvalue weighted by atomic mass is 9.82. The maximum absolute atomic E-state index is 8.79. The maximum atomic E-state index is 8.79. The normalized spacial score (nSPS) is 49.4. The first kappa shape index (κ1) is 6.77. The van der Waals surface area contributed by atoms with Crippen molar-refractivity contribution in [2.75, 3.05) is 13.1 Å². The Balaban J connectivity index is 1.84. The SMILES string of the molecule is N#CN1C[C@@H]2C3CCC(C3)[C@@H]2C1. The van der Waals surface area contributed by atoms with Crippen LogP contribution in [-0.2, 0) is 0 Å². The smallest absolute Gasteiger partial charge is 0.179 e. The molecule has 2 bridgehead atoms. The van der Waals surface area contributed by atoms with Crippen molar-refractivity contribution < 1.29 is 0 Å². The maximum Gasteiger partial charge on any atom is 0.179 e. The Morgan fingerprint density at radius 2 is 1.67 bits per heavy atom. The minimum atomic E-state index is 0.892. The Bertz CT molecular complexity index is 225. The van der Waals surface area contributed by atoms with Crippen LogP contribution in [0.4, 0.5) is 0 Å². The Morgan fingerprint density at radius 1 is 1.08 bits per heavy atom. The fourth-order valence-corrected chi connectivity index (χ4v) is 3.76. The summed E-state index contributed by atoms with van der Waals surface area (Å²) in [6.07, 6.45) is 6.67. The molecule has 3 rings (SSSR count). The highest BCUT2D eigenvalue weighted by Gasteiger charge is 2.51. The molecule has 0 aromatic heterocycles. The number of nitrogens with zero attached hydrogens (tertiary/aromatic N) is 2. The van der Waals surface area contributed by atoms with Crippen LogP contribution in [0.25, 0.3) is 0 Å². The van der Waals surface area contributed by atoms with Gasteiger partial charge in [0.1, 0.15) is 0 Å². The minimum absolute atomic E-state index is 0.892. The lowest BCUT2D eigenvalue weighted by Gasteiger charge is -2.22. The molecular weight excluding hydrogens is 148 g/mol. The largest absolute Gasteiger partial charge is 0.310 e. The van der Waals surface area contributed by atoms with E-state index in [2.05, 4.69) is 6.19 Å². The predicted octanol–water partition coefficient (Wildman–Crippen LogP) is 1.45. The van der Waals surface area contributed by atoms with Crippen molar-refractivity contribution in [2.24, 2.45) is 23.7 Å². The van der Waals surface area contributed by atoms with Crippen molar-refractivity contribution in [1.82, 2.24) is 4.90 Å². The Hall–Kier alpha value is -0.710. The van der Waals surface area contributed by atoms with Gasteiger partial charge in [0.15, 0.2) is 6.19 Å². The number of rotatable bonds is 0. The van der Waals surface area contributed by atoms with Gasteiger partial charge in [-0.2, -0.15) is 5.26 Å². The van der Waals surface area contributed by atoms with Gasteiger partial charge in [0, 0.05) is 13.1 Å². The van der Waals surface area contributed by atoms with Crippen LogP contribution in [0.3, 0.4) is 0 Å². The zero-order valence-corrected chi connectivity index (χ0v) is 7.24. The Kier molecular flexibility index (Phi) is 1.22.